The topological polar surface area (TPSA) is 0 Å². The van der Waals surface area contributed by atoms with Crippen LogP contribution in [0.2, 0.25) is 0 Å². The van der Waals surface area contributed by atoms with E-state index in [1.807, 2.05) is 0 Å². The summed E-state index contributed by atoms with van der Waals surface area (Å²) in [6.45, 7) is 9.49. The van der Waals surface area contributed by atoms with Crippen LogP contribution in [0.25, 0.3) is 0 Å². The van der Waals surface area contributed by atoms with Crippen LogP contribution in [0.4, 0.5) is 0 Å². The van der Waals surface area contributed by atoms with E-state index in [0.29, 0.717) is 0 Å². The van der Waals surface area contributed by atoms with Crippen molar-refractivity contribution < 1.29 is 0 Å². The van der Waals surface area contributed by atoms with Crippen LogP contribution in [0.5, 0.6) is 0 Å². The van der Waals surface area contributed by atoms with Gasteiger partial charge in [-0.15, -0.1) is 0 Å². The van der Waals surface area contributed by atoms with Crippen LogP contribution >= 0.6 is 0 Å². The molecule has 0 N–H and O–H groups in total. The predicted molar refractivity (Wildman–Crippen MR) is 136 cm³/mol. The molecular formula is C29H58. The molecule has 0 heteroatoms. The Morgan fingerprint density at radius 3 is 1.31 bits per heavy atom. The molecule has 0 aliphatic heterocycles. The SMILES string of the molecule is CCCCCCC=CCCCCCCC(CCCCCCCCCC)C(C)CC. The lowest BCUT2D eigenvalue weighted by Crippen LogP contribution is -2.11. The second kappa shape index (κ2) is 24.0. The maximum Gasteiger partial charge on any atom is -0.0351 e. The number of hydrogen-bond donors (Lipinski definition) is 0. The zero-order chi connectivity index (χ0) is 21.4. The average molecular weight is 407 g/mol. The molecule has 2 atom stereocenters. The first kappa shape index (κ1) is 28.7. The van der Waals surface area contributed by atoms with Gasteiger partial charge < -0.3 is 0 Å². The van der Waals surface area contributed by atoms with Crippen molar-refractivity contribution in [3.63, 3.8) is 0 Å². The molecule has 2 unspecified atom stereocenters. The maximum absolute atomic E-state index is 2.50. The molecule has 0 aliphatic rings. The Labute approximate surface area is 186 Å². The van der Waals surface area contributed by atoms with Gasteiger partial charge in [0.2, 0.25) is 0 Å². The Balaban J connectivity index is 3.63. The third-order valence-corrected chi connectivity index (χ3v) is 6.96. The molecule has 174 valence electrons. The zero-order valence-corrected chi connectivity index (χ0v) is 21.2. The van der Waals surface area contributed by atoms with Crippen molar-refractivity contribution >= 4 is 0 Å². The van der Waals surface area contributed by atoms with Crippen LogP contribution in [0, 0.1) is 11.8 Å². The molecule has 0 radical (unpaired) electrons. The van der Waals surface area contributed by atoms with E-state index < -0.39 is 0 Å². The van der Waals surface area contributed by atoms with Gasteiger partial charge in [0.1, 0.15) is 0 Å². The fourth-order valence-corrected chi connectivity index (χ4v) is 4.53. The van der Waals surface area contributed by atoms with E-state index in [1.54, 1.807) is 0 Å². The minimum Gasteiger partial charge on any atom is -0.0885 e. The van der Waals surface area contributed by atoms with Gasteiger partial charge in [0.25, 0.3) is 0 Å². The van der Waals surface area contributed by atoms with Crippen LogP contribution in [0.1, 0.15) is 163 Å². The molecule has 0 heterocycles. The predicted octanol–water partition coefficient (Wildman–Crippen LogP) is 11.0. The standard InChI is InChI=1S/C29H58/c1-5-8-10-12-14-16-17-18-19-21-23-25-27-29(28(4)7-3)26-24-22-20-15-13-11-9-6-2/h16-17,28-29H,5-15,18-27H2,1-4H3. The first-order valence-electron chi connectivity index (χ1n) is 13.9. The van der Waals surface area contributed by atoms with Crippen molar-refractivity contribution in [2.24, 2.45) is 11.8 Å². The summed E-state index contributed by atoms with van der Waals surface area (Å²) in [6.07, 6.45) is 34.8. The van der Waals surface area contributed by atoms with Crippen molar-refractivity contribution in [2.45, 2.75) is 163 Å². The van der Waals surface area contributed by atoms with Gasteiger partial charge in [-0.1, -0.05) is 149 Å². The highest BCUT2D eigenvalue weighted by Crippen LogP contribution is 2.27. The highest BCUT2D eigenvalue weighted by molar-refractivity contribution is 4.81. The van der Waals surface area contributed by atoms with Crippen molar-refractivity contribution in [1.82, 2.24) is 0 Å². The summed E-state index contributed by atoms with van der Waals surface area (Å²) in [5.41, 5.74) is 0. The molecule has 29 heavy (non-hydrogen) atoms. The molecule has 0 rings (SSSR count). The first-order chi connectivity index (χ1) is 14.3. The Hall–Kier alpha value is -0.260. The van der Waals surface area contributed by atoms with Gasteiger partial charge in [0.05, 0.1) is 0 Å². The lowest BCUT2D eigenvalue weighted by Gasteiger charge is -2.23. The Kier molecular flexibility index (Phi) is 23.8. The Morgan fingerprint density at radius 2 is 0.862 bits per heavy atom. The van der Waals surface area contributed by atoms with Crippen molar-refractivity contribution in [2.75, 3.05) is 0 Å². The smallest absolute Gasteiger partial charge is 0.0351 e. The normalized spacial score (nSPS) is 13.9. The third-order valence-electron chi connectivity index (χ3n) is 6.96. The van der Waals surface area contributed by atoms with E-state index in [4.69, 9.17) is 0 Å². The molecule has 0 fully saturated rings. The monoisotopic (exact) mass is 406 g/mol. The molecule has 0 saturated carbocycles. The lowest BCUT2D eigenvalue weighted by molar-refractivity contribution is 0.288. The van der Waals surface area contributed by atoms with E-state index in [-0.39, 0.29) is 0 Å². The summed E-state index contributed by atoms with van der Waals surface area (Å²) in [4.78, 5) is 0. The quantitative estimate of drug-likeness (QED) is 0.117. The van der Waals surface area contributed by atoms with Gasteiger partial charge in [-0.2, -0.15) is 0 Å². The molecule has 0 spiro atoms. The minimum absolute atomic E-state index is 0.926. The number of unbranched alkanes of at least 4 members (excludes halogenated alkanes) is 15. The molecular weight excluding hydrogens is 348 g/mol. The molecule has 0 aliphatic carbocycles. The average Bonchev–Trinajstić information content (AvgIpc) is 2.74. The molecule has 0 saturated heterocycles. The molecule has 0 bridgehead atoms. The third kappa shape index (κ3) is 20.8. The van der Waals surface area contributed by atoms with Gasteiger partial charge in [0.15, 0.2) is 0 Å². The highest BCUT2D eigenvalue weighted by Gasteiger charge is 2.14. The first-order valence-corrected chi connectivity index (χ1v) is 13.9. The molecule has 0 nitrogen and oxygen atoms in total. The Bertz CT molecular complexity index is 316. The summed E-state index contributed by atoms with van der Waals surface area (Å²) < 4.78 is 0. The second-order valence-corrected chi connectivity index (χ2v) is 9.72. The fraction of sp³-hybridized carbons (Fsp3) is 0.931. The lowest BCUT2D eigenvalue weighted by atomic mass is 9.83. The van der Waals surface area contributed by atoms with Crippen LogP contribution in [0.3, 0.4) is 0 Å². The highest BCUT2D eigenvalue weighted by atomic mass is 14.2. The second-order valence-electron chi connectivity index (χ2n) is 9.72. The van der Waals surface area contributed by atoms with E-state index in [0.717, 1.165) is 11.8 Å². The maximum atomic E-state index is 2.50. The molecule has 0 aromatic rings. The van der Waals surface area contributed by atoms with Gasteiger partial charge in [-0.05, 0) is 37.5 Å². The van der Waals surface area contributed by atoms with Crippen LogP contribution < -0.4 is 0 Å². The summed E-state index contributed by atoms with van der Waals surface area (Å²) in [5.74, 6) is 1.92. The summed E-state index contributed by atoms with van der Waals surface area (Å²) >= 11 is 0. The number of allylic oxidation sites excluding steroid dienone is 2. The van der Waals surface area contributed by atoms with Crippen molar-refractivity contribution in [3.8, 4) is 0 Å². The summed E-state index contributed by atoms with van der Waals surface area (Å²) in [5, 5.41) is 0. The van der Waals surface area contributed by atoms with E-state index in [1.165, 1.54) is 135 Å². The number of hydrogen-bond acceptors (Lipinski definition) is 0. The molecule has 0 aromatic carbocycles. The Morgan fingerprint density at radius 1 is 0.483 bits per heavy atom. The van der Waals surface area contributed by atoms with Gasteiger partial charge in [-0.3, -0.25) is 0 Å². The van der Waals surface area contributed by atoms with E-state index in [9.17, 15) is 0 Å². The fourth-order valence-electron chi connectivity index (χ4n) is 4.53. The van der Waals surface area contributed by atoms with Gasteiger partial charge in [0, 0.05) is 0 Å². The van der Waals surface area contributed by atoms with Gasteiger partial charge >= 0.3 is 0 Å². The minimum atomic E-state index is 0.926. The van der Waals surface area contributed by atoms with E-state index >= 15 is 0 Å². The van der Waals surface area contributed by atoms with Crippen LogP contribution in [-0.2, 0) is 0 Å². The van der Waals surface area contributed by atoms with Crippen molar-refractivity contribution in [3.05, 3.63) is 12.2 Å². The van der Waals surface area contributed by atoms with Gasteiger partial charge in [-0.25, -0.2) is 0 Å². The largest absolute Gasteiger partial charge is 0.0885 e. The molecule has 0 amide bonds. The van der Waals surface area contributed by atoms with Crippen molar-refractivity contribution in [1.29, 1.82) is 0 Å². The van der Waals surface area contributed by atoms with Crippen LogP contribution in [-0.4, -0.2) is 0 Å². The number of rotatable bonds is 23. The summed E-state index contributed by atoms with van der Waals surface area (Å²) in [7, 11) is 0. The van der Waals surface area contributed by atoms with Crippen LogP contribution in [0.15, 0.2) is 12.2 Å². The zero-order valence-electron chi connectivity index (χ0n) is 21.2. The molecule has 0 aromatic heterocycles. The summed E-state index contributed by atoms with van der Waals surface area (Å²) in [6, 6.07) is 0. The van der Waals surface area contributed by atoms with E-state index in [2.05, 4.69) is 39.8 Å².